The lowest BCUT2D eigenvalue weighted by atomic mass is 10.2. The van der Waals surface area contributed by atoms with Crippen molar-refractivity contribution < 1.29 is 9.53 Å². The fraction of sp³-hybridized carbons (Fsp3) is 0.545. The van der Waals surface area contributed by atoms with E-state index in [1.807, 2.05) is 0 Å². The lowest BCUT2D eigenvalue weighted by molar-refractivity contribution is -0.120. The van der Waals surface area contributed by atoms with Crippen molar-refractivity contribution in [3.63, 3.8) is 0 Å². The van der Waals surface area contributed by atoms with E-state index in [1.54, 1.807) is 6.92 Å². The Balaban J connectivity index is 2.30. The number of carbonyl (C=O) groups is 1. The van der Waals surface area contributed by atoms with E-state index in [9.17, 15) is 9.59 Å². The smallest absolute Gasteiger partial charge is 0.299 e. The van der Waals surface area contributed by atoms with E-state index < -0.39 is 0 Å². The molecule has 1 aliphatic carbocycles. The van der Waals surface area contributed by atoms with Gasteiger partial charge in [0.1, 0.15) is 0 Å². The molecule has 0 aromatic carbocycles. The van der Waals surface area contributed by atoms with E-state index in [1.165, 1.54) is 17.7 Å². The summed E-state index contributed by atoms with van der Waals surface area (Å²) in [6, 6.07) is 1.61. The van der Waals surface area contributed by atoms with Crippen LogP contribution in [-0.4, -0.2) is 22.4 Å². The van der Waals surface area contributed by atoms with Crippen LogP contribution >= 0.6 is 0 Å². The lowest BCUT2D eigenvalue weighted by Crippen LogP contribution is -2.26. The summed E-state index contributed by atoms with van der Waals surface area (Å²) < 4.78 is 6.29. The third-order valence-electron chi connectivity index (χ3n) is 2.63. The maximum absolute atomic E-state index is 11.7. The fourth-order valence-electron chi connectivity index (χ4n) is 1.59. The van der Waals surface area contributed by atoms with Crippen LogP contribution in [0.4, 0.5) is 0 Å². The standard InChI is InChI=1S/C11H14N2O3/c1-7-5-10(15)13(11(12-7)16-2)6-9(14)8-3-4-8/h5,8H,3-4,6H2,1-2H3. The minimum atomic E-state index is -0.238. The van der Waals surface area contributed by atoms with Crippen LogP contribution < -0.4 is 10.3 Å². The third kappa shape index (κ3) is 2.13. The predicted octanol–water partition coefficient (Wildman–Crippen LogP) is 0.539. The van der Waals surface area contributed by atoms with Gasteiger partial charge in [0.25, 0.3) is 11.6 Å². The summed E-state index contributed by atoms with van der Waals surface area (Å²) in [6.45, 7) is 1.79. The number of Topliss-reactive ketones (excluding diaryl/α,β-unsaturated/α-hetero) is 1. The third-order valence-corrected chi connectivity index (χ3v) is 2.63. The molecule has 1 saturated carbocycles. The van der Waals surface area contributed by atoms with E-state index in [-0.39, 0.29) is 29.8 Å². The molecular formula is C11H14N2O3. The summed E-state index contributed by atoms with van der Waals surface area (Å²) in [5.41, 5.74) is 0.357. The molecule has 1 heterocycles. The van der Waals surface area contributed by atoms with Gasteiger partial charge in [-0.2, -0.15) is 0 Å². The van der Waals surface area contributed by atoms with Crippen molar-refractivity contribution >= 4 is 5.78 Å². The molecule has 0 N–H and O–H groups in total. The predicted molar refractivity (Wildman–Crippen MR) is 57.5 cm³/mol. The Hall–Kier alpha value is -1.65. The zero-order chi connectivity index (χ0) is 11.7. The zero-order valence-electron chi connectivity index (χ0n) is 9.40. The number of hydrogen-bond acceptors (Lipinski definition) is 4. The number of aryl methyl sites for hydroxylation is 1. The first kappa shape index (κ1) is 10.9. The summed E-state index contributed by atoms with van der Waals surface area (Å²) in [5, 5.41) is 0. The highest BCUT2D eigenvalue weighted by Gasteiger charge is 2.30. The van der Waals surface area contributed by atoms with Crippen LogP contribution in [0.5, 0.6) is 6.01 Å². The number of ketones is 1. The summed E-state index contributed by atoms with van der Waals surface area (Å²) in [7, 11) is 1.44. The Morgan fingerprint density at radius 2 is 2.31 bits per heavy atom. The average Bonchev–Trinajstić information content (AvgIpc) is 3.04. The monoisotopic (exact) mass is 222 g/mol. The van der Waals surface area contributed by atoms with Crippen molar-refractivity contribution in [2.75, 3.05) is 7.11 Å². The zero-order valence-corrected chi connectivity index (χ0v) is 9.40. The molecular weight excluding hydrogens is 208 g/mol. The Kier molecular flexibility index (Phi) is 2.77. The first-order chi connectivity index (χ1) is 7.61. The first-order valence-corrected chi connectivity index (χ1v) is 5.27. The van der Waals surface area contributed by atoms with Gasteiger partial charge >= 0.3 is 0 Å². The molecule has 0 atom stereocenters. The average molecular weight is 222 g/mol. The molecule has 16 heavy (non-hydrogen) atoms. The molecule has 2 rings (SSSR count). The van der Waals surface area contributed by atoms with E-state index >= 15 is 0 Å². The number of methoxy groups -OCH3 is 1. The number of hydrogen-bond donors (Lipinski definition) is 0. The quantitative estimate of drug-likeness (QED) is 0.746. The van der Waals surface area contributed by atoms with Crippen LogP contribution in [0, 0.1) is 12.8 Å². The highest BCUT2D eigenvalue weighted by atomic mass is 16.5. The molecule has 5 nitrogen and oxygen atoms in total. The highest BCUT2D eigenvalue weighted by Crippen LogP contribution is 2.30. The second-order valence-electron chi connectivity index (χ2n) is 4.05. The number of ether oxygens (including phenoxy) is 1. The van der Waals surface area contributed by atoms with Crippen molar-refractivity contribution in [3.05, 3.63) is 22.1 Å². The largest absolute Gasteiger partial charge is 0.468 e. The molecule has 1 aromatic heterocycles. The number of nitrogens with zero attached hydrogens (tertiary/aromatic N) is 2. The molecule has 0 saturated heterocycles. The molecule has 1 fully saturated rings. The van der Waals surface area contributed by atoms with Gasteiger partial charge in [-0.3, -0.25) is 14.2 Å². The Labute approximate surface area is 93.1 Å². The molecule has 0 radical (unpaired) electrons. The second-order valence-corrected chi connectivity index (χ2v) is 4.05. The molecule has 0 unspecified atom stereocenters. The lowest BCUT2D eigenvalue weighted by Gasteiger charge is -2.09. The first-order valence-electron chi connectivity index (χ1n) is 5.27. The van der Waals surface area contributed by atoms with Crippen molar-refractivity contribution in [3.8, 4) is 6.01 Å². The number of aromatic nitrogens is 2. The van der Waals surface area contributed by atoms with Gasteiger partial charge in [-0.25, -0.2) is 4.98 Å². The van der Waals surface area contributed by atoms with Crippen LogP contribution in [0.25, 0.3) is 0 Å². The van der Waals surface area contributed by atoms with Crippen LogP contribution in [0.2, 0.25) is 0 Å². The van der Waals surface area contributed by atoms with Gasteiger partial charge < -0.3 is 4.74 Å². The maximum Gasteiger partial charge on any atom is 0.299 e. The molecule has 1 aliphatic rings. The van der Waals surface area contributed by atoms with Gasteiger partial charge in [0.2, 0.25) is 0 Å². The van der Waals surface area contributed by atoms with Gasteiger partial charge in [-0.15, -0.1) is 0 Å². The molecule has 86 valence electrons. The van der Waals surface area contributed by atoms with Gasteiger partial charge in [-0.1, -0.05) is 0 Å². The maximum atomic E-state index is 11.7. The van der Waals surface area contributed by atoms with Crippen molar-refractivity contribution in [1.82, 2.24) is 9.55 Å². The van der Waals surface area contributed by atoms with Crippen molar-refractivity contribution in [2.45, 2.75) is 26.3 Å². The normalized spacial score (nSPS) is 14.9. The van der Waals surface area contributed by atoms with E-state index in [4.69, 9.17) is 4.74 Å². The van der Waals surface area contributed by atoms with E-state index in [0.717, 1.165) is 12.8 Å². The van der Waals surface area contributed by atoms with Gasteiger partial charge in [0.15, 0.2) is 5.78 Å². The Morgan fingerprint density at radius 3 is 2.88 bits per heavy atom. The van der Waals surface area contributed by atoms with Crippen LogP contribution in [0.3, 0.4) is 0 Å². The van der Waals surface area contributed by atoms with Crippen LogP contribution in [-0.2, 0) is 11.3 Å². The molecule has 0 amide bonds. The second kappa shape index (κ2) is 4.08. The Morgan fingerprint density at radius 1 is 1.62 bits per heavy atom. The van der Waals surface area contributed by atoms with Gasteiger partial charge in [0.05, 0.1) is 13.7 Å². The SMILES string of the molecule is COc1nc(C)cc(=O)n1CC(=O)C1CC1. The molecule has 0 bridgehead atoms. The van der Waals surface area contributed by atoms with Crippen molar-refractivity contribution in [1.29, 1.82) is 0 Å². The summed E-state index contributed by atoms with van der Waals surface area (Å²) in [6.07, 6.45) is 1.88. The molecule has 1 aromatic rings. The van der Waals surface area contributed by atoms with Gasteiger partial charge in [0, 0.05) is 17.7 Å². The van der Waals surface area contributed by atoms with Crippen molar-refractivity contribution in [2.24, 2.45) is 5.92 Å². The molecule has 0 aliphatic heterocycles. The Bertz CT molecular complexity index is 475. The minimum Gasteiger partial charge on any atom is -0.468 e. The summed E-state index contributed by atoms with van der Waals surface area (Å²) >= 11 is 0. The topological polar surface area (TPSA) is 61.2 Å². The fourth-order valence-corrected chi connectivity index (χ4v) is 1.59. The van der Waals surface area contributed by atoms with Crippen LogP contribution in [0.15, 0.2) is 10.9 Å². The van der Waals surface area contributed by atoms with E-state index in [0.29, 0.717) is 5.69 Å². The molecule has 5 heteroatoms. The summed E-state index contributed by atoms with van der Waals surface area (Å²) in [4.78, 5) is 27.4. The number of carbonyl (C=O) groups excluding carboxylic acids is 1. The molecule has 0 spiro atoms. The van der Waals surface area contributed by atoms with Crippen LogP contribution in [0.1, 0.15) is 18.5 Å². The minimum absolute atomic E-state index is 0.0694. The highest BCUT2D eigenvalue weighted by molar-refractivity contribution is 5.83. The number of rotatable bonds is 4. The van der Waals surface area contributed by atoms with Gasteiger partial charge in [-0.05, 0) is 19.8 Å². The van der Waals surface area contributed by atoms with E-state index in [2.05, 4.69) is 4.98 Å². The summed E-state index contributed by atoms with van der Waals surface area (Å²) in [5.74, 6) is 0.226.